The maximum Gasteiger partial charge on any atom is 0.457 e. The summed E-state index contributed by atoms with van der Waals surface area (Å²) in [5, 5.41) is 0. The van der Waals surface area contributed by atoms with Crippen molar-refractivity contribution in [1.82, 2.24) is 0 Å². The predicted molar refractivity (Wildman–Crippen MR) is 35.5 cm³/mol. The van der Waals surface area contributed by atoms with Gasteiger partial charge in [0.05, 0.1) is 0 Å². The van der Waals surface area contributed by atoms with Crippen LogP contribution in [0.15, 0.2) is 0 Å². The Morgan fingerprint density at radius 2 is 1.12 bits per heavy atom. The fraction of sp³-hybridized carbons (Fsp3) is 0.857. The van der Waals surface area contributed by atoms with Crippen molar-refractivity contribution in [3.8, 4) is 0 Å². The molecule has 9 heteroatoms. The lowest BCUT2D eigenvalue weighted by molar-refractivity contribution is -0.383. The molecule has 16 heavy (non-hydrogen) atoms. The van der Waals surface area contributed by atoms with E-state index in [2.05, 4.69) is 0 Å². The van der Waals surface area contributed by atoms with Crippen LogP contribution in [-0.2, 0) is 0 Å². The van der Waals surface area contributed by atoms with Crippen LogP contribution >= 0.6 is 0 Å². The highest BCUT2D eigenvalue weighted by atomic mass is 19.4. The van der Waals surface area contributed by atoms with Gasteiger partial charge in [-0.15, -0.1) is 0 Å². The van der Waals surface area contributed by atoms with Crippen molar-refractivity contribution in [3.05, 3.63) is 6.42 Å². The van der Waals surface area contributed by atoms with E-state index in [0.717, 1.165) is 6.92 Å². The van der Waals surface area contributed by atoms with E-state index in [-0.39, 0.29) is 6.42 Å². The molecule has 0 aromatic rings. The number of alkyl halides is 9. The van der Waals surface area contributed by atoms with Gasteiger partial charge in [0.25, 0.3) is 5.67 Å². The molecule has 0 aromatic heterocycles. The summed E-state index contributed by atoms with van der Waals surface area (Å²) >= 11 is 0. The second-order valence-electron chi connectivity index (χ2n) is 2.98. The van der Waals surface area contributed by atoms with E-state index in [1.54, 1.807) is 0 Å². The molecule has 0 saturated heterocycles. The molecule has 0 aliphatic rings. The molecule has 0 nitrogen and oxygen atoms in total. The number of halogens is 9. The highest BCUT2D eigenvalue weighted by Gasteiger charge is 2.80. The molecule has 1 radical (unpaired) electrons. The molecule has 0 aliphatic heterocycles. The van der Waals surface area contributed by atoms with Crippen LogP contribution in [0.25, 0.3) is 0 Å². The minimum absolute atomic E-state index is 0.257. The van der Waals surface area contributed by atoms with Crippen molar-refractivity contribution in [1.29, 1.82) is 0 Å². The van der Waals surface area contributed by atoms with E-state index in [9.17, 15) is 39.5 Å². The van der Waals surface area contributed by atoms with Gasteiger partial charge in [0.1, 0.15) is 0 Å². The fourth-order valence-corrected chi connectivity index (χ4v) is 0.928. The highest BCUT2D eigenvalue weighted by Crippen LogP contribution is 2.54. The van der Waals surface area contributed by atoms with Crippen molar-refractivity contribution in [2.45, 2.75) is 37.3 Å². The average Bonchev–Trinajstić information content (AvgIpc) is 1.99. The molecule has 0 heterocycles. The lowest BCUT2D eigenvalue weighted by atomic mass is 9.91. The zero-order chi connectivity index (χ0) is 13.4. The molecule has 1 atom stereocenters. The Hall–Kier alpha value is -0.630. The van der Waals surface area contributed by atoms with Crippen LogP contribution in [0.3, 0.4) is 0 Å². The third-order valence-corrected chi connectivity index (χ3v) is 1.79. The molecule has 1 unspecified atom stereocenters. The SMILES string of the molecule is C[CH]CC(F)(C(F)(F)F)C(F)(F)C(F)(F)F. The van der Waals surface area contributed by atoms with Crippen LogP contribution in [-0.4, -0.2) is 23.9 Å². The lowest BCUT2D eigenvalue weighted by Crippen LogP contribution is -2.62. The van der Waals surface area contributed by atoms with Gasteiger partial charge in [-0.3, -0.25) is 0 Å². The topological polar surface area (TPSA) is 0 Å². The summed E-state index contributed by atoms with van der Waals surface area (Å²) in [5.74, 6) is -6.50. The summed E-state index contributed by atoms with van der Waals surface area (Å²) < 4.78 is 109. The van der Waals surface area contributed by atoms with Crippen LogP contribution in [0, 0.1) is 6.42 Å². The molecular weight excluding hydrogens is 255 g/mol. The van der Waals surface area contributed by atoms with Gasteiger partial charge in [-0.2, -0.15) is 35.1 Å². The number of hydrogen-bond donors (Lipinski definition) is 0. The second kappa shape index (κ2) is 3.99. The first kappa shape index (κ1) is 15.4. The molecular formula is C7H6F9. The standard InChI is InChI=1S/C7H6F9/c1-2-3-4(8,6(11,12)13)5(9,10)7(14,15)16/h2H,3H2,1H3. The van der Waals surface area contributed by atoms with Crippen LogP contribution in [0.5, 0.6) is 0 Å². The minimum atomic E-state index is -6.61. The van der Waals surface area contributed by atoms with Crippen molar-refractivity contribution in [2.24, 2.45) is 0 Å². The fourth-order valence-electron chi connectivity index (χ4n) is 0.928. The molecule has 0 rings (SSSR count). The third-order valence-electron chi connectivity index (χ3n) is 1.79. The Morgan fingerprint density at radius 1 is 0.750 bits per heavy atom. The van der Waals surface area contributed by atoms with Crippen LogP contribution in [0.4, 0.5) is 39.5 Å². The van der Waals surface area contributed by atoms with Gasteiger partial charge in [0, 0.05) is 0 Å². The largest absolute Gasteiger partial charge is 0.457 e. The monoisotopic (exact) mass is 261 g/mol. The Balaban J connectivity index is 5.54. The summed E-state index contributed by atoms with van der Waals surface area (Å²) in [5.41, 5.74) is -5.65. The first-order valence-corrected chi connectivity index (χ1v) is 3.79. The van der Waals surface area contributed by atoms with E-state index < -0.39 is 30.4 Å². The lowest BCUT2D eigenvalue weighted by Gasteiger charge is -2.35. The smallest absolute Gasteiger partial charge is 0.227 e. The molecule has 97 valence electrons. The van der Waals surface area contributed by atoms with Gasteiger partial charge in [-0.05, 0) is 12.8 Å². The Morgan fingerprint density at radius 3 is 1.31 bits per heavy atom. The van der Waals surface area contributed by atoms with Gasteiger partial charge in [-0.1, -0.05) is 6.92 Å². The van der Waals surface area contributed by atoms with Crippen LogP contribution in [0.1, 0.15) is 13.3 Å². The molecule has 0 saturated carbocycles. The van der Waals surface area contributed by atoms with Gasteiger partial charge in [-0.25, -0.2) is 4.39 Å². The minimum Gasteiger partial charge on any atom is -0.227 e. The van der Waals surface area contributed by atoms with Gasteiger partial charge in [0.15, 0.2) is 0 Å². The molecule has 0 aliphatic carbocycles. The summed E-state index contributed by atoms with van der Waals surface area (Å²) in [6, 6.07) is 0. The van der Waals surface area contributed by atoms with Gasteiger partial charge < -0.3 is 0 Å². The average molecular weight is 261 g/mol. The molecule has 0 amide bonds. The zero-order valence-electron chi connectivity index (χ0n) is 7.69. The third kappa shape index (κ3) is 2.22. The van der Waals surface area contributed by atoms with Gasteiger partial charge in [0.2, 0.25) is 0 Å². The van der Waals surface area contributed by atoms with E-state index in [1.807, 2.05) is 0 Å². The summed E-state index contributed by atoms with van der Waals surface area (Å²) in [6.07, 6.45) is -14.8. The molecule has 0 bridgehead atoms. The molecule has 0 N–H and O–H groups in total. The van der Waals surface area contributed by atoms with Crippen molar-refractivity contribution >= 4 is 0 Å². The molecule has 0 fully saturated rings. The Labute approximate surface area is 84.4 Å². The van der Waals surface area contributed by atoms with Crippen molar-refractivity contribution in [3.63, 3.8) is 0 Å². The maximum atomic E-state index is 12.9. The van der Waals surface area contributed by atoms with Gasteiger partial charge >= 0.3 is 18.3 Å². The quantitative estimate of drug-likeness (QED) is 0.672. The Bertz CT molecular complexity index is 237. The normalized spacial score (nSPS) is 18.4. The summed E-state index contributed by atoms with van der Waals surface area (Å²) in [4.78, 5) is 0. The number of rotatable bonds is 3. The van der Waals surface area contributed by atoms with Crippen molar-refractivity contribution in [2.75, 3.05) is 0 Å². The molecule has 0 spiro atoms. The second-order valence-corrected chi connectivity index (χ2v) is 2.98. The first-order chi connectivity index (χ1) is 6.81. The first-order valence-electron chi connectivity index (χ1n) is 3.79. The van der Waals surface area contributed by atoms with E-state index in [1.165, 1.54) is 0 Å². The summed E-state index contributed by atoms with van der Waals surface area (Å²) in [7, 11) is 0. The Kier molecular flexibility index (Phi) is 3.83. The van der Waals surface area contributed by atoms with Crippen LogP contribution < -0.4 is 0 Å². The predicted octanol–water partition coefficient (Wildman–Crippen LogP) is 4.07. The van der Waals surface area contributed by atoms with Crippen LogP contribution in [0.2, 0.25) is 0 Å². The highest BCUT2D eigenvalue weighted by molar-refractivity contribution is 5.05. The molecule has 0 aromatic carbocycles. The van der Waals surface area contributed by atoms with E-state index >= 15 is 0 Å². The zero-order valence-corrected chi connectivity index (χ0v) is 7.69. The van der Waals surface area contributed by atoms with Crippen molar-refractivity contribution < 1.29 is 39.5 Å². The van der Waals surface area contributed by atoms with E-state index in [0.29, 0.717) is 0 Å². The maximum absolute atomic E-state index is 12.9. The number of hydrogen-bond acceptors (Lipinski definition) is 0. The van der Waals surface area contributed by atoms with E-state index in [4.69, 9.17) is 0 Å². The summed E-state index contributed by atoms with van der Waals surface area (Å²) in [6.45, 7) is 0.743.